The molecule has 5 heteroatoms. The number of carbonyl (C=O) groups excluding carboxylic acids is 1. The third-order valence-electron chi connectivity index (χ3n) is 2.82. The van der Waals surface area contributed by atoms with Crippen molar-refractivity contribution in [1.29, 1.82) is 0 Å². The Morgan fingerprint density at radius 2 is 1.95 bits per heavy atom. The molecule has 0 saturated heterocycles. The highest BCUT2D eigenvalue weighted by Gasteiger charge is 2.29. The first-order valence-electron chi connectivity index (χ1n) is 5.73. The van der Waals surface area contributed by atoms with E-state index in [-0.39, 0.29) is 6.61 Å². The molecule has 0 saturated carbocycles. The van der Waals surface area contributed by atoms with Gasteiger partial charge in [0.2, 0.25) is 0 Å². The molecular formula is C14H18O5. The van der Waals surface area contributed by atoms with Crippen LogP contribution < -0.4 is 4.74 Å². The molecule has 0 aliphatic heterocycles. The van der Waals surface area contributed by atoms with E-state index >= 15 is 0 Å². The highest BCUT2D eigenvalue weighted by Crippen LogP contribution is 2.16. The molecule has 19 heavy (non-hydrogen) atoms. The number of ether oxygens (including phenoxy) is 2. The first-order valence-corrected chi connectivity index (χ1v) is 5.73. The highest BCUT2D eigenvalue weighted by molar-refractivity contribution is 5.89. The predicted octanol–water partition coefficient (Wildman–Crippen LogP) is 1.15. The Hall–Kier alpha value is -1.85. The van der Waals surface area contributed by atoms with E-state index in [4.69, 9.17) is 14.6 Å². The SMILES string of the molecule is C=C(C)[C@](O)(CO)COC(=O)c1ccc(OC)cc1. The van der Waals surface area contributed by atoms with E-state index in [9.17, 15) is 9.90 Å². The monoisotopic (exact) mass is 266 g/mol. The molecule has 1 aromatic carbocycles. The van der Waals surface area contributed by atoms with Crippen LogP contribution in [0.5, 0.6) is 5.75 Å². The zero-order valence-electron chi connectivity index (χ0n) is 11.0. The molecule has 0 aliphatic carbocycles. The van der Waals surface area contributed by atoms with Crippen LogP contribution in [-0.2, 0) is 4.74 Å². The molecule has 0 heterocycles. The molecule has 0 amide bonds. The Labute approximate surface area is 112 Å². The number of rotatable bonds is 6. The van der Waals surface area contributed by atoms with Gasteiger partial charge in [0.25, 0.3) is 0 Å². The average Bonchev–Trinajstić information content (AvgIpc) is 2.44. The van der Waals surface area contributed by atoms with E-state index < -0.39 is 18.2 Å². The van der Waals surface area contributed by atoms with Crippen LogP contribution in [-0.4, -0.2) is 42.1 Å². The van der Waals surface area contributed by atoms with Crippen molar-refractivity contribution in [3.63, 3.8) is 0 Å². The van der Waals surface area contributed by atoms with Gasteiger partial charge >= 0.3 is 5.97 Å². The zero-order chi connectivity index (χ0) is 14.5. The van der Waals surface area contributed by atoms with Gasteiger partial charge in [0.15, 0.2) is 0 Å². The van der Waals surface area contributed by atoms with Crippen molar-refractivity contribution in [2.24, 2.45) is 0 Å². The van der Waals surface area contributed by atoms with Gasteiger partial charge in [0.05, 0.1) is 19.3 Å². The zero-order valence-corrected chi connectivity index (χ0v) is 11.0. The maximum atomic E-state index is 11.7. The molecular weight excluding hydrogens is 248 g/mol. The molecule has 1 rings (SSSR count). The second-order valence-electron chi connectivity index (χ2n) is 4.27. The summed E-state index contributed by atoms with van der Waals surface area (Å²) in [6, 6.07) is 6.38. The molecule has 104 valence electrons. The quantitative estimate of drug-likeness (QED) is 0.596. The minimum Gasteiger partial charge on any atom is -0.497 e. The van der Waals surface area contributed by atoms with Crippen LogP contribution in [0.25, 0.3) is 0 Å². The summed E-state index contributed by atoms with van der Waals surface area (Å²) < 4.78 is 9.94. The van der Waals surface area contributed by atoms with Crippen molar-refractivity contribution >= 4 is 5.97 Å². The van der Waals surface area contributed by atoms with Gasteiger partial charge in [0.1, 0.15) is 18.0 Å². The number of benzene rings is 1. The lowest BCUT2D eigenvalue weighted by Gasteiger charge is -2.25. The molecule has 2 N–H and O–H groups in total. The van der Waals surface area contributed by atoms with E-state index in [1.54, 1.807) is 31.2 Å². The van der Waals surface area contributed by atoms with Crippen LogP contribution in [0.1, 0.15) is 17.3 Å². The van der Waals surface area contributed by atoms with Gasteiger partial charge in [-0.1, -0.05) is 6.58 Å². The van der Waals surface area contributed by atoms with Gasteiger partial charge in [0, 0.05) is 0 Å². The van der Waals surface area contributed by atoms with Crippen LogP contribution in [0.2, 0.25) is 0 Å². The highest BCUT2D eigenvalue weighted by atomic mass is 16.5. The van der Waals surface area contributed by atoms with Crippen molar-refractivity contribution in [3.05, 3.63) is 42.0 Å². The molecule has 1 atom stereocenters. The maximum Gasteiger partial charge on any atom is 0.338 e. The Kier molecular flexibility index (Phi) is 5.09. The smallest absolute Gasteiger partial charge is 0.338 e. The summed E-state index contributed by atoms with van der Waals surface area (Å²) in [5.41, 5.74) is -0.942. The lowest BCUT2D eigenvalue weighted by atomic mass is 9.99. The third-order valence-corrected chi connectivity index (χ3v) is 2.82. The van der Waals surface area contributed by atoms with Crippen molar-refractivity contribution < 1.29 is 24.5 Å². The van der Waals surface area contributed by atoms with Gasteiger partial charge in [-0.3, -0.25) is 0 Å². The predicted molar refractivity (Wildman–Crippen MR) is 70.1 cm³/mol. The normalized spacial score (nSPS) is 13.5. The topological polar surface area (TPSA) is 76.0 Å². The van der Waals surface area contributed by atoms with E-state index in [1.807, 2.05) is 0 Å². The maximum absolute atomic E-state index is 11.7. The Morgan fingerprint density at radius 3 is 2.37 bits per heavy atom. The first-order chi connectivity index (χ1) is 8.92. The van der Waals surface area contributed by atoms with Gasteiger partial charge in [-0.05, 0) is 36.8 Å². The van der Waals surface area contributed by atoms with Crippen LogP contribution in [0.3, 0.4) is 0 Å². The second-order valence-corrected chi connectivity index (χ2v) is 4.27. The van der Waals surface area contributed by atoms with Gasteiger partial charge in [-0.2, -0.15) is 0 Å². The van der Waals surface area contributed by atoms with Crippen molar-refractivity contribution in [2.75, 3.05) is 20.3 Å². The molecule has 0 bridgehead atoms. The summed E-state index contributed by atoms with van der Waals surface area (Å²) in [7, 11) is 1.53. The lowest BCUT2D eigenvalue weighted by Crippen LogP contribution is -2.40. The largest absolute Gasteiger partial charge is 0.497 e. The fraction of sp³-hybridized carbons (Fsp3) is 0.357. The lowest BCUT2D eigenvalue weighted by molar-refractivity contribution is -0.0391. The molecule has 5 nitrogen and oxygen atoms in total. The number of esters is 1. The molecule has 0 aliphatic rings. The Balaban J connectivity index is 2.66. The standard InChI is InChI=1S/C14H18O5/c1-10(2)14(17,8-15)9-19-13(16)11-4-6-12(18-3)7-5-11/h4-7,15,17H,1,8-9H2,2-3H3/t14-/m0/s1. The van der Waals surface area contributed by atoms with Gasteiger partial charge in [-0.15, -0.1) is 0 Å². The van der Waals surface area contributed by atoms with Gasteiger partial charge in [-0.25, -0.2) is 4.79 Å². The van der Waals surface area contributed by atoms with Crippen molar-refractivity contribution in [1.82, 2.24) is 0 Å². The summed E-state index contributed by atoms with van der Waals surface area (Å²) in [5, 5.41) is 19.0. The summed E-state index contributed by atoms with van der Waals surface area (Å²) in [5.74, 6) is 0.0427. The summed E-state index contributed by atoms with van der Waals surface area (Å²) >= 11 is 0. The first kappa shape index (κ1) is 15.2. The number of hydrogen-bond acceptors (Lipinski definition) is 5. The Morgan fingerprint density at radius 1 is 1.37 bits per heavy atom. The summed E-state index contributed by atoms with van der Waals surface area (Å²) in [6.07, 6.45) is 0. The number of carbonyl (C=O) groups is 1. The summed E-state index contributed by atoms with van der Waals surface area (Å²) in [4.78, 5) is 11.7. The third kappa shape index (κ3) is 3.81. The Bertz CT molecular complexity index is 451. The van der Waals surface area contributed by atoms with Crippen LogP contribution in [0.15, 0.2) is 36.4 Å². The average molecular weight is 266 g/mol. The molecule has 1 aromatic rings. The fourth-order valence-electron chi connectivity index (χ4n) is 1.30. The molecule has 0 radical (unpaired) electrons. The van der Waals surface area contributed by atoms with Crippen LogP contribution in [0.4, 0.5) is 0 Å². The van der Waals surface area contributed by atoms with Crippen LogP contribution >= 0.6 is 0 Å². The van der Waals surface area contributed by atoms with Crippen molar-refractivity contribution in [2.45, 2.75) is 12.5 Å². The second kappa shape index (κ2) is 6.36. The molecule has 0 unspecified atom stereocenters. The number of aliphatic hydroxyl groups is 2. The van der Waals surface area contributed by atoms with Gasteiger partial charge < -0.3 is 19.7 Å². The minimum atomic E-state index is -1.61. The fourth-order valence-corrected chi connectivity index (χ4v) is 1.30. The molecule has 0 spiro atoms. The number of hydrogen-bond donors (Lipinski definition) is 2. The summed E-state index contributed by atoms with van der Waals surface area (Å²) in [6.45, 7) is 4.21. The molecule has 0 aromatic heterocycles. The number of aliphatic hydroxyl groups excluding tert-OH is 1. The van der Waals surface area contributed by atoms with E-state index in [2.05, 4.69) is 6.58 Å². The minimum absolute atomic E-state index is 0.331. The number of methoxy groups -OCH3 is 1. The van der Waals surface area contributed by atoms with E-state index in [1.165, 1.54) is 7.11 Å². The molecule has 0 fully saturated rings. The van der Waals surface area contributed by atoms with E-state index in [0.717, 1.165) is 0 Å². The van der Waals surface area contributed by atoms with Crippen LogP contribution in [0, 0.1) is 0 Å². The van der Waals surface area contributed by atoms with Crippen molar-refractivity contribution in [3.8, 4) is 5.75 Å². The van der Waals surface area contributed by atoms with E-state index in [0.29, 0.717) is 16.9 Å².